The van der Waals surface area contributed by atoms with Gasteiger partial charge in [-0.2, -0.15) is 0 Å². The molecule has 4 heteroatoms. The van der Waals surface area contributed by atoms with E-state index in [1.54, 1.807) is 0 Å². The Labute approximate surface area is 110 Å². The molecule has 0 aromatic rings. The largest absolute Gasteiger partial charge is 0.378 e. The zero-order valence-electron chi connectivity index (χ0n) is 11.4. The minimum atomic E-state index is -0.612. The maximum Gasteiger partial charge on any atom is 0.240 e. The molecule has 1 saturated carbocycles. The molecule has 1 saturated heterocycles. The van der Waals surface area contributed by atoms with Crippen LogP contribution < -0.4 is 11.1 Å². The summed E-state index contributed by atoms with van der Waals surface area (Å²) in [5.74, 6) is 0.509. The van der Waals surface area contributed by atoms with E-state index in [2.05, 4.69) is 12.2 Å². The molecule has 1 aliphatic carbocycles. The molecule has 1 heterocycles. The van der Waals surface area contributed by atoms with E-state index >= 15 is 0 Å². The highest BCUT2D eigenvalue weighted by Gasteiger charge is 2.36. The van der Waals surface area contributed by atoms with Crippen molar-refractivity contribution in [1.29, 1.82) is 0 Å². The van der Waals surface area contributed by atoms with Crippen molar-refractivity contribution in [3.05, 3.63) is 0 Å². The standard InChI is InChI=1S/C14H26N2O2/c1-2-12-11(6-9-18-12)10-16-13(17)14(15)7-4-3-5-8-14/h11-12H,2-10,15H2,1H3,(H,16,17). The van der Waals surface area contributed by atoms with E-state index in [0.29, 0.717) is 12.0 Å². The van der Waals surface area contributed by atoms with Crippen molar-refractivity contribution < 1.29 is 9.53 Å². The zero-order chi connectivity index (χ0) is 13.0. The molecule has 0 radical (unpaired) electrons. The Bertz CT molecular complexity index is 288. The van der Waals surface area contributed by atoms with Crippen molar-refractivity contribution in [2.45, 2.75) is 63.5 Å². The smallest absolute Gasteiger partial charge is 0.240 e. The predicted octanol–water partition coefficient (Wildman–Crippen LogP) is 1.58. The first-order valence-electron chi connectivity index (χ1n) is 7.34. The number of ether oxygens (including phenoxy) is 1. The number of carbonyl (C=O) groups excluding carboxylic acids is 1. The quantitative estimate of drug-likeness (QED) is 0.800. The average molecular weight is 254 g/mol. The van der Waals surface area contributed by atoms with Crippen molar-refractivity contribution in [2.75, 3.05) is 13.2 Å². The number of nitrogens with one attached hydrogen (secondary N) is 1. The molecule has 0 spiro atoms. The molecule has 2 unspecified atom stereocenters. The molecule has 2 fully saturated rings. The summed E-state index contributed by atoms with van der Waals surface area (Å²) in [6.45, 7) is 3.68. The molecule has 0 aromatic carbocycles. The first-order chi connectivity index (χ1) is 8.65. The van der Waals surface area contributed by atoms with Gasteiger partial charge >= 0.3 is 0 Å². The highest BCUT2D eigenvalue weighted by Crippen LogP contribution is 2.27. The Kier molecular flexibility index (Phi) is 4.62. The van der Waals surface area contributed by atoms with E-state index in [-0.39, 0.29) is 5.91 Å². The minimum absolute atomic E-state index is 0.0453. The maximum atomic E-state index is 12.2. The summed E-state index contributed by atoms with van der Waals surface area (Å²) in [6, 6.07) is 0. The lowest BCUT2D eigenvalue weighted by atomic mass is 9.82. The van der Waals surface area contributed by atoms with Crippen LogP contribution in [0.15, 0.2) is 0 Å². The SMILES string of the molecule is CCC1OCCC1CNC(=O)C1(N)CCCCC1. The van der Waals surface area contributed by atoms with Gasteiger partial charge in [0.2, 0.25) is 5.91 Å². The predicted molar refractivity (Wildman–Crippen MR) is 71.2 cm³/mol. The normalized spacial score (nSPS) is 31.2. The van der Waals surface area contributed by atoms with E-state index in [4.69, 9.17) is 10.5 Å². The van der Waals surface area contributed by atoms with Gasteiger partial charge in [-0.3, -0.25) is 4.79 Å². The van der Waals surface area contributed by atoms with Crippen LogP contribution in [0.1, 0.15) is 51.9 Å². The Balaban J connectivity index is 1.80. The van der Waals surface area contributed by atoms with Crippen molar-refractivity contribution in [2.24, 2.45) is 11.7 Å². The number of hydrogen-bond acceptors (Lipinski definition) is 3. The fraction of sp³-hybridized carbons (Fsp3) is 0.929. The van der Waals surface area contributed by atoms with E-state index in [0.717, 1.165) is 51.7 Å². The van der Waals surface area contributed by atoms with Gasteiger partial charge in [-0.1, -0.05) is 26.2 Å². The number of amides is 1. The van der Waals surface area contributed by atoms with Crippen molar-refractivity contribution >= 4 is 5.91 Å². The van der Waals surface area contributed by atoms with Gasteiger partial charge in [0.25, 0.3) is 0 Å². The van der Waals surface area contributed by atoms with Crippen LogP contribution in [0, 0.1) is 5.92 Å². The first kappa shape index (κ1) is 13.8. The summed E-state index contributed by atoms with van der Waals surface area (Å²) < 4.78 is 5.64. The van der Waals surface area contributed by atoms with Gasteiger partial charge in [0.1, 0.15) is 0 Å². The molecule has 0 aromatic heterocycles. The van der Waals surface area contributed by atoms with Crippen molar-refractivity contribution in [1.82, 2.24) is 5.32 Å². The second kappa shape index (κ2) is 6.02. The summed E-state index contributed by atoms with van der Waals surface area (Å²) >= 11 is 0. The number of nitrogens with two attached hydrogens (primary N) is 1. The topological polar surface area (TPSA) is 64.3 Å². The third kappa shape index (κ3) is 3.04. The molecule has 0 bridgehead atoms. The van der Waals surface area contributed by atoms with Crippen LogP contribution in [0.5, 0.6) is 0 Å². The average Bonchev–Trinajstić information content (AvgIpc) is 2.84. The van der Waals surface area contributed by atoms with E-state index < -0.39 is 5.54 Å². The van der Waals surface area contributed by atoms with Gasteiger partial charge < -0.3 is 15.8 Å². The Morgan fingerprint density at radius 3 is 2.78 bits per heavy atom. The van der Waals surface area contributed by atoms with Crippen LogP contribution >= 0.6 is 0 Å². The molecule has 2 atom stereocenters. The minimum Gasteiger partial charge on any atom is -0.378 e. The third-order valence-electron chi connectivity index (χ3n) is 4.47. The van der Waals surface area contributed by atoms with Crippen molar-refractivity contribution in [3.8, 4) is 0 Å². The molecular weight excluding hydrogens is 228 g/mol. The van der Waals surface area contributed by atoms with E-state index in [9.17, 15) is 4.79 Å². The number of rotatable bonds is 4. The summed E-state index contributed by atoms with van der Waals surface area (Å²) in [5.41, 5.74) is 5.60. The lowest BCUT2D eigenvalue weighted by Crippen LogP contribution is -2.55. The first-order valence-corrected chi connectivity index (χ1v) is 7.34. The van der Waals surface area contributed by atoms with Gasteiger partial charge in [0.05, 0.1) is 11.6 Å². The Hall–Kier alpha value is -0.610. The van der Waals surface area contributed by atoms with E-state index in [1.165, 1.54) is 6.42 Å². The Morgan fingerprint density at radius 1 is 1.39 bits per heavy atom. The summed E-state index contributed by atoms with van der Waals surface area (Å²) in [6.07, 6.45) is 7.41. The lowest BCUT2D eigenvalue weighted by Gasteiger charge is -2.32. The van der Waals surface area contributed by atoms with Crippen LogP contribution in [0.2, 0.25) is 0 Å². The van der Waals surface area contributed by atoms with Gasteiger partial charge in [-0.25, -0.2) is 0 Å². The monoisotopic (exact) mass is 254 g/mol. The van der Waals surface area contributed by atoms with Crippen LogP contribution in [0.3, 0.4) is 0 Å². The van der Waals surface area contributed by atoms with Gasteiger partial charge in [0.15, 0.2) is 0 Å². The third-order valence-corrected chi connectivity index (χ3v) is 4.47. The molecule has 3 N–H and O–H groups in total. The molecule has 104 valence electrons. The zero-order valence-corrected chi connectivity index (χ0v) is 11.4. The molecular formula is C14H26N2O2. The van der Waals surface area contributed by atoms with Crippen LogP contribution in [-0.2, 0) is 9.53 Å². The van der Waals surface area contributed by atoms with Gasteiger partial charge in [-0.05, 0) is 25.7 Å². The Morgan fingerprint density at radius 2 is 2.11 bits per heavy atom. The van der Waals surface area contributed by atoms with Crippen LogP contribution in [0.25, 0.3) is 0 Å². The molecule has 2 rings (SSSR count). The molecule has 1 aliphatic heterocycles. The summed E-state index contributed by atoms with van der Waals surface area (Å²) in [7, 11) is 0. The van der Waals surface area contributed by atoms with E-state index in [1.807, 2.05) is 0 Å². The fourth-order valence-corrected chi connectivity index (χ4v) is 3.19. The second-order valence-corrected chi connectivity index (χ2v) is 5.79. The lowest BCUT2D eigenvalue weighted by molar-refractivity contribution is -0.127. The van der Waals surface area contributed by atoms with Crippen LogP contribution in [0.4, 0.5) is 0 Å². The number of carbonyl (C=O) groups is 1. The van der Waals surface area contributed by atoms with Gasteiger partial charge in [-0.15, -0.1) is 0 Å². The van der Waals surface area contributed by atoms with Gasteiger partial charge in [0, 0.05) is 19.1 Å². The highest BCUT2D eigenvalue weighted by molar-refractivity contribution is 5.86. The molecule has 4 nitrogen and oxygen atoms in total. The van der Waals surface area contributed by atoms with Crippen LogP contribution in [-0.4, -0.2) is 30.7 Å². The fourth-order valence-electron chi connectivity index (χ4n) is 3.19. The molecule has 18 heavy (non-hydrogen) atoms. The molecule has 2 aliphatic rings. The maximum absolute atomic E-state index is 12.2. The highest BCUT2D eigenvalue weighted by atomic mass is 16.5. The van der Waals surface area contributed by atoms with Crippen molar-refractivity contribution in [3.63, 3.8) is 0 Å². The summed E-state index contributed by atoms with van der Waals surface area (Å²) in [4.78, 5) is 12.2. The second-order valence-electron chi connectivity index (χ2n) is 5.79. The number of hydrogen-bond donors (Lipinski definition) is 2. The molecule has 1 amide bonds. The summed E-state index contributed by atoms with van der Waals surface area (Å²) in [5, 5.41) is 3.06.